The monoisotopic (exact) mass is 399 g/mol. The third kappa shape index (κ3) is 6.26. The second kappa shape index (κ2) is 11.1. The largest absolute Gasteiger partial charge is 0.497 e. The van der Waals surface area contributed by atoms with E-state index in [1.807, 2.05) is 0 Å². The van der Waals surface area contributed by atoms with Crippen LogP contribution >= 0.6 is 0 Å². The van der Waals surface area contributed by atoms with Crippen LogP contribution in [0.25, 0.3) is 11.6 Å². The smallest absolute Gasteiger partial charge is 0.336 e. The molecule has 156 valence electrons. The van der Waals surface area contributed by atoms with E-state index in [4.69, 9.17) is 14.2 Å². The molecule has 0 saturated heterocycles. The summed E-state index contributed by atoms with van der Waals surface area (Å²) in [5.41, 5.74) is 1.44. The van der Waals surface area contributed by atoms with Crippen molar-refractivity contribution in [2.75, 3.05) is 40.5 Å². The van der Waals surface area contributed by atoms with Crippen molar-refractivity contribution in [2.45, 2.75) is 13.8 Å². The molecule has 0 radical (unpaired) electrons. The molecule has 6 nitrogen and oxygen atoms in total. The first-order chi connectivity index (χ1) is 14.0. The van der Waals surface area contributed by atoms with E-state index in [1.165, 1.54) is 0 Å². The number of carboxylic acid groups (broad SMARTS) is 1. The number of nitrogens with zero attached hydrogens (tertiary/aromatic N) is 1. The van der Waals surface area contributed by atoms with Crippen molar-refractivity contribution in [3.8, 4) is 17.2 Å². The molecule has 0 aliphatic rings. The van der Waals surface area contributed by atoms with E-state index in [2.05, 4.69) is 18.7 Å². The maximum atomic E-state index is 11.9. The van der Waals surface area contributed by atoms with Gasteiger partial charge in [-0.3, -0.25) is 0 Å². The van der Waals surface area contributed by atoms with Crippen LogP contribution in [-0.4, -0.2) is 56.4 Å². The molecule has 0 aromatic heterocycles. The molecule has 0 bridgehead atoms. The zero-order chi connectivity index (χ0) is 21.2. The van der Waals surface area contributed by atoms with Gasteiger partial charge in [0, 0.05) is 18.2 Å². The Bertz CT molecular complexity index is 826. The van der Waals surface area contributed by atoms with Gasteiger partial charge in [-0.1, -0.05) is 26.0 Å². The SMILES string of the molecule is CCN(CC)CCOc1cc(OC)ccc1/C=C(\C(=O)O)c1ccc(OC)cc1. The van der Waals surface area contributed by atoms with E-state index in [0.29, 0.717) is 35.0 Å². The Morgan fingerprint density at radius 1 is 1.00 bits per heavy atom. The zero-order valence-corrected chi connectivity index (χ0v) is 17.5. The third-order valence-electron chi connectivity index (χ3n) is 4.71. The quantitative estimate of drug-likeness (QED) is 0.454. The van der Waals surface area contributed by atoms with E-state index in [1.54, 1.807) is 62.8 Å². The van der Waals surface area contributed by atoms with Crippen LogP contribution in [0, 0.1) is 0 Å². The predicted octanol–water partition coefficient (Wildman–Crippen LogP) is 4.05. The van der Waals surface area contributed by atoms with Crippen LogP contribution in [0.1, 0.15) is 25.0 Å². The van der Waals surface area contributed by atoms with Gasteiger partial charge in [-0.15, -0.1) is 0 Å². The van der Waals surface area contributed by atoms with Gasteiger partial charge in [-0.25, -0.2) is 4.79 Å². The van der Waals surface area contributed by atoms with Crippen molar-refractivity contribution in [1.29, 1.82) is 0 Å². The van der Waals surface area contributed by atoms with Crippen LogP contribution in [-0.2, 0) is 4.79 Å². The first-order valence-electron chi connectivity index (χ1n) is 9.64. The molecular formula is C23H29NO5. The number of methoxy groups -OCH3 is 2. The lowest BCUT2D eigenvalue weighted by molar-refractivity contribution is -0.130. The number of rotatable bonds is 11. The molecular weight excluding hydrogens is 370 g/mol. The Labute approximate surface area is 172 Å². The van der Waals surface area contributed by atoms with Crippen LogP contribution in [0.5, 0.6) is 17.2 Å². The van der Waals surface area contributed by atoms with Gasteiger partial charge in [-0.05, 0) is 49.0 Å². The fraction of sp³-hybridized carbons (Fsp3) is 0.348. The fourth-order valence-corrected chi connectivity index (χ4v) is 2.91. The van der Waals surface area contributed by atoms with Gasteiger partial charge in [0.05, 0.1) is 19.8 Å². The van der Waals surface area contributed by atoms with E-state index < -0.39 is 5.97 Å². The maximum absolute atomic E-state index is 11.9. The Hall–Kier alpha value is -2.99. The summed E-state index contributed by atoms with van der Waals surface area (Å²) >= 11 is 0. The summed E-state index contributed by atoms with van der Waals surface area (Å²) in [6.45, 7) is 7.41. The van der Waals surface area contributed by atoms with Gasteiger partial charge >= 0.3 is 5.97 Å². The molecule has 0 aliphatic heterocycles. The van der Waals surface area contributed by atoms with Crippen molar-refractivity contribution in [2.24, 2.45) is 0 Å². The summed E-state index contributed by atoms with van der Waals surface area (Å²) in [6.07, 6.45) is 1.62. The molecule has 0 aliphatic carbocycles. The van der Waals surface area contributed by atoms with Crippen molar-refractivity contribution in [3.63, 3.8) is 0 Å². The van der Waals surface area contributed by atoms with E-state index >= 15 is 0 Å². The number of hydrogen-bond acceptors (Lipinski definition) is 5. The van der Waals surface area contributed by atoms with Crippen LogP contribution in [0.3, 0.4) is 0 Å². The number of likely N-dealkylation sites (N-methyl/N-ethyl adjacent to an activating group) is 1. The lowest BCUT2D eigenvalue weighted by Crippen LogP contribution is -2.28. The summed E-state index contributed by atoms with van der Waals surface area (Å²) in [7, 11) is 3.16. The summed E-state index contributed by atoms with van der Waals surface area (Å²) in [4.78, 5) is 14.2. The van der Waals surface area contributed by atoms with Crippen LogP contribution in [0.15, 0.2) is 42.5 Å². The molecule has 0 atom stereocenters. The number of carbonyl (C=O) groups is 1. The van der Waals surface area contributed by atoms with Crippen molar-refractivity contribution >= 4 is 17.6 Å². The molecule has 29 heavy (non-hydrogen) atoms. The molecule has 0 amide bonds. The van der Waals surface area contributed by atoms with Crippen molar-refractivity contribution in [3.05, 3.63) is 53.6 Å². The minimum atomic E-state index is -1.01. The molecule has 0 unspecified atom stereocenters. The van der Waals surface area contributed by atoms with Crippen LogP contribution in [0.4, 0.5) is 0 Å². The Morgan fingerprint density at radius 2 is 1.62 bits per heavy atom. The Kier molecular flexibility index (Phi) is 8.55. The highest BCUT2D eigenvalue weighted by Crippen LogP contribution is 2.29. The number of aliphatic carboxylic acids is 1. The minimum absolute atomic E-state index is 0.173. The van der Waals surface area contributed by atoms with Crippen molar-refractivity contribution < 1.29 is 24.1 Å². The maximum Gasteiger partial charge on any atom is 0.336 e. The fourth-order valence-electron chi connectivity index (χ4n) is 2.91. The van der Waals surface area contributed by atoms with Gasteiger partial charge in [0.2, 0.25) is 0 Å². The molecule has 0 fully saturated rings. The topological polar surface area (TPSA) is 68.2 Å². The van der Waals surface area contributed by atoms with Crippen molar-refractivity contribution in [1.82, 2.24) is 4.90 Å². The second-order valence-electron chi connectivity index (χ2n) is 6.37. The summed E-state index contributed by atoms with van der Waals surface area (Å²) < 4.78 is 16.4. The molecule has 1 N–H and O–H groups in total. The number of ether oxygens (including phenoxy) is 3. The summed E-state index contributed by atoms with van der Waals surface area (Å²) in [5.74, 6) is 0.897. The van der Waals surface area contributed by atoms with Gasteiger partial charge in [0.1, 0.15) is 23.9 Å². The van der Waals surface area contributed by atoms with E-state index in [0.717, 1.165) is 19.6 Å². The van der Waals surface area contributed by atoms with Crippen LogP contribution < -0.4 is 14.2 Å². The third-order valence-corrected chi connectivity index (χ3v) is 4.71. The minimum Gasteiger partial charge on any atom is -0.497 e. The highest BCUT2D eigenvalue weighted by atomic mass is 16.5. The molecule has 6 heteroatoms. The van der Waals surface area contributed by atoms with Crippen LogP contribution in [0.2, 0.25) is 0 Å². The average molecular weight is 399 g/mol. The van der Waals surface area contributed by atoms with E-state index in [-0.39, 0.29) is 5.57 Å². The highest BCUT2D eigenvalue weighted by Gasteiger charge is 2.13. The molecule has 2 aromatic rings. The van der Waals surface area contributed by atoms with Gasteiger partial charge in [0.25, 0.3) is 0 Å². The first-order valence-corrected chi connectivity index (χ1v) is 9.64. The standard InChI is InChI=1S/C23H29NO5/c1-5-24(6-2)13-14-29-22-16-20(28-4)12-9-18(22)15-21(23(25)26)17-7-10-19(27-3)11-8-17/h7-12,15-16H,5-6,13-14H2,1-4H3,(H,25,26)/b21-15-. The summed E-state index contributed by atoms with van der Waals surface area (Å²) in [5, 5.41) is 9.75. The predicted molar refractivity (Wildman–Crippen MR) is 115 cm³/mol. The molecule has 2 rings (SSSR count). The Balaban J connectivity index is 2.34. The zero-order valence-electron chi connectivity index (χ0n) is 17.5. The molecule has 0 spiro atoms. The Morgan fingerprint density at radius 3 is 2.17 bits per heavy atom. The number of carboxylic acids is 1. The summed E-state index contributed by atoms with van der Waals surface area (Å²) in [6, 6.07) is 12.3. The van der Waals surface area contributed by atoms with E-state index in [9.17, 15) is 9.90 Å². The first kappa shape index (κ1) is 22.3. The molecule has 0 saturated carbocycles. The molecule has 0 heterocycles. The normalized spacial score (nSPS) is 11.4. The molecule has 2 aromatic carbocycles. The second-order valence-corrected chi connectivity index (χ2v) is 6.37. The lowest BCUT2D eigenvalue weighted by atomic mass is 10.0. The van der Waals surface area contributed by atoms with Gasteiger partial charge in [0.15, 0.2) is 0 Å². The average Bonchev–Trinajstić information content (AvgIpc) is 2.75. The highest BCUT2D eigenvalue weighted by molar-refractivity contribution is 6.20. The lowest BCUT2D eigenvalue weighted by Gasteiger charge is -2.19. The van der Waals surface area contributed by atoms with Gasteiger partial charge < -0.3 is 24.2 Å². The number of benzene rings is 2. The number of hydrogen-bond donors (Lipinski definition) is 1. The van der Waals surface area contributed by atoms with Gasteiger partial charge in [-0.2, -0.15) is 0 Å².